The third-order valence-electron chi connectivity index (χ3n) is 4.48. The maximum atomic E-state index is 13.2. The second kappa shape index (κ2) is 7.56. The van der Waals surface area contributed by atoms with Crippen molar-refractivity contribution in [3.8, 4) is 11.4 Å². The zero-order chi connectivity index (χ0) is 21.4. The van der Waals surface area contributed by atoms with Crippen molar-refractivity contribution in [2.75, 3.05) is 12.4 Å². The number of hydrogen-bond acceptors (Lipinski definition) is 6. The Kier molecular flexibility index (Phi) is 4.92. The molecule has 2 aromatic carbocycles. The number of aryl methyl sites for hydroxylation is 1. The number of nitrogens with zero attached hydrogens (tertiary/aromatic N) is 3. The van der Waals surface area contributed by atoms with Crippen LogP contribution < -0.4 is 10.1 Å². The first kappa shape index (κ1) is 19.5. The molecular formula is C20H15FN4O4S. The van der Waals surface area contributed by atoms with Gasteiger partial charge in [-0.2, -0.15) is 5.10 Å². The molecule has 4 aromatic rings. The van der Waals surface area contributed by atoms with Crippen molar-refractivity contribution < 1.29 is 18.8 Å². The number of fused-ring (bicyclic) bond motifs is 1. The van der Waals surface area contributed by atoms with Crippen molar-refractivity contribution in [2.45, 2.75) is 6.92 Å². The molecule has 0 spiro atoms. The lowest BCUT2D eigenvalue weighted by molar-refractivity contribution is -0.384. The van der Waals surface area contributed by atoms with Crippen molar-refractivity contribution in [2.24, 2.45) is 0 Å². The molecule has 0 aliphatic heterocycles. The van der Waals surface area contributed by atoms with Gasteiger partial charge in [-0.15, -0.1) is 11.3 Å². The third kappa shape index (κ3) is 3.48. The Bertz CT molecular complexity index is 1280. The van der Waals surface area contributed by atoms with Crippen LogP contribution in [-0.2, 0) is 0 Å². The van der Waals surface area contributed by atoms with Crippen molar-refractivity contribution in [1.82, 2.24) is 9.78 Å². The van der Waals surface area contributed by atoms with Crippen LogP contribution in [0.15, 0.2) is 48.5 Å². The van der Waals surface area contributed by atoms with Gasteiger partial charge in [-0.3, -0.25) is 14.9 Å². The Hall–Kier alpha value is -3.79. The van der Waals surface area contributed by atoms with Gasteiger partial charge >= 0.3 is 0 Å². The Labute approximate surface area is 173 Å². The van der Waals surface area contributed by atoms with E-state index in [0.29, 0.717) is 16.3 Å². The number of carbonyl (C=O) groups is 1. The van der Waals surface area contributed by atoms with Crippen molar-refractivity contribution in [3.63, 3.8) is 0 Å². The SMILES string of the molecule is COc1ccc([N+](=O)[O-])cc1NC(=O)c1cc2c(C)nn(-c3ccc(F)cc3)c2s1. The van der Waals surface area contributed by atoms with E-state index in [1.807, 2.05) is 6.92 Å². The molecule has 1 amide bonds. The molecule has 10 heteroatoms. The number of non-ortho nitro benzene ring substituents is 1. The summed E-state index contributed by atoms with van der Waals surface area (Å²) in [6.07, 6.45) is 0. The second-order valence-corrected chi connectivity index (χ2v) is 7.43. The fourth-order valence-corrected chi connectivity index (χ4v) is 4.09. The molecule has 2 aromatic heterocycles. The summed E-state index contributed by atoms with van der Waals surface area (Å²) in [7, 11) is 1.41. The summed E-state index contributed by atoms with van der Waals surface area (Å²) >= 11 is 1.22. The summed E-state index contributed by atoms with van der Waals surface area (Å²) < 4.78 is 20.1. The highest BCUT2D eigenvalue weighted by molar-refractivity contribution is 7.20. The molecule has 30 heavy (non-hydrogen) atoms. The maximum absolute atomic E-state index is 13.2. The predicted molar refractivity (Wildman–Crippen MR) is 111 cm³/mol. The van der Waals surface area contributed by atoms with E-state index in [-0.39, 0.29) is 17.2 Å². The zero-order valence-corrected chi connectivity index (χ0v) is 16.7. The van der Waals surface area contributed by atoms with E-state index >= 15 is 0 Å². The molecule has 0 radical (unpaired) electrons. The zero-order valence-electron chi connectivity index (χ0n) is 15.9. The highest BCUT2D eigenvalue weighted by Crippen LogP contribution is 2.33. The summed E-state index contributed by atoms with van der Waals surface area (Å²) in [4.78, 5) is 24.5. The van der Waals surface area contributed by atoms with E-state index in [1.165, 1.54) is 48.8 Å². The minimum Gasteiger partial charge on any atom is -0.495 e. The highest BCUT2D eigenvalue weighted by Gasteiger charge is 2.19. The number of rotatable bonds is 5. The largest absolute Gasteiger partial charge is 0.495 e. The van der Waals surface area contributed by atoms with Crippen LogP contribution in [0.3, 0.4) is 0 Å². The summed E-state index contributed by atoms with van der Waals surface area (Å²) in [5, 5.41) is 19.0. The molecule has 0 aliphatic carbocycles. The quantitative estimate of drug-likeness (QED) is 0.368. The number of benzene rings is 2. The fourth-order valence-electron chi connectivity index (χ4n) is 3.01. The lowest BCUT2D eigenvalue weighted by Crippen LogP contribution is -2.11. The van der Waals surface area contributed by atoms with Crippen LogP contribution in [0, 0.1) is 22.9 Å². The fraction of sp³-hybridized carbons (Fsp3) is 0.100. The number of anilines is 1. The summed E-state index contributed by atoms with van der Waals surface area (Å²) in [5.41, 5.74) is 1.43. The van der Waals surface area contributed by atoms with E-state index in [9.17, 15) is 19.3 Å². The summed E-state index contributed by atoms with van der Waals surface area (Å²) in [6.45, 7) is 1.82. The number of thiophene rings is 1. The molecule has 1 N–H and O–H groups in total. The number of hydrogen-bond donors (Lipinski definition) is 1. The molecule has 0 saturated heterocycles. The highest BCUT2D eigenvalue weighted by atomic mass is 32.1. The Morgan fingerprint density at radius 1 is 1.23 bits per heavy atom. The van der Waals surface area contributed by atoms with Crippen LogP contribution in [0.4, 0.5) is 15.8 Å². The van der Waals surface area contributed by atoms with Gasteiger partial charge in [0.2, 0.25) is 0 Å². The molecule has 0 atom stereocenters. The number of nitro benzene ring substituents is 1. The molecular weight excluding hydrogens is 411 g/mol. The van der Waals surface area contributed by atoms with Gasteiger partial charge in [-0.05, 0) is 43.3 Å². The van der Waals surface area contributed by atoms with Crippen molar-refractivity contribution >= 4 is 38.8 Å². The lowest BCUT2D eigenvalue weighted by Gasteiger charge is -2.09. The summed E-state index contributed by atoms with van der Waals surface area (Å²) in [6, 6.07) is 11.6. The minimum atomic E-state index is -0.546. The van der Waals surface area contributed by atoms with Gasteiger partial charge < -0.3 is 10.1 Å². The first-order valence-corrected chi connectivity index (χ1v) is 9.58. The number of ether oxygens (including phenoxy) is 1. The van der Waals surface area contributed by atoms with Gasteiger partial charge in [0, 0.05) is 17.5 Å². The van der Waals surface area contributed by atoms with E-state index in [0.717, 1.165) is 15.9 Å². The average molecular weight is 426 g/mol. The summed E-state index contributed by atoms with van der Waals surface area (Å²) in [5.74, 6) is -0.472. The Morgan fingerprint density at radius 3 is 2.63 bits per heavy atom. The number of nitro groups is 1. The van der Waals surface area contributed by atoms with Gasteiger partial charge in [0.05, 0.1) is 34.0 Å². The van der Waals surface area contributed by atoms with Gasteiger partial charge in [-0.25, -0.2) is 9.07 Å². The number of halogens is 1. The lowest BCUT2D eigenvalue weighted by atomic mass is 10.2. The smallest absolute Gasteiger partial charge is 0.271 e. The van der Waals surface area contributed by atoms with Crippen LogP contribution in [0.2, 0.25) is 0 Å². The monoisotopic (exact) mass is 426 g/mol. The maximum Gasteiger partial charge on any atom is 0.271 e. The van der Waals surface area contributed by atoms with Gasteiger partial charge in [-0.1, -0.05) is 0 Å². The van der Waals surface area contributed by atoms with E-state index in [4.69, 9.17) is 4.74 Å². The van der Waals surface area contributed by atoms with Crippen LogP contribution in [-0.4, -0.2) is 27.7 Å². The topological polar surface area (TPSA) is 99.3 Å². The Morgan fingerprint density at radius 2 is 1.97 bits per heavy atom. The van der Waals surface area contributed by atoms with E-state index < -0.39 is 10.8 Å². The molecule has 0 fully saturated rings. The first-order valence-electron chi connectivity index (χ1n) is 8.76. The predicted octanol–water partition coefficient (Wildman–Crippen LogP) is 4.70. The molecule has 0 bridgehead atoms. The van der Waals surface area contributed by atoms with Gasteiger partial charge in [0.1, 0.15) is 16.4 Å². The second-order valence-electron chi connectivity index (χ2n) is 6.40. The van der Waals surface area contributed by atoms with Gasteiger partial charge in [0.15, 0.2) is 0 Å². The molecule has 152 valence electrons. The molecule has 0 aliphatic rings. The molecule has 0 unspecified atom stereocenters. The minimum absolute atomic E-state index is 0.162. The van der Waals surface area contributed by atoms with Crippen LogP contribution in [0.1, 0.15) is 15.4 Å². The van der Waals surface area contributed by atoms with E-state index in [2.05, 4.69) is 10.4 Å². The standard InChI is InChI=1S/C20H15FN4O4S/c1-11-15-10-18(30-20(15)24(23-11)13-5-3-12(21)4-6-13)19(26)22-16-9-14(25(27)28)7-8-17(16)29-2/h3-10H,1-2H3,(H,22,26). The Balaban J connectivity index is 1.70. The molecule has 4 rings (SSSR count). The normalized spacial score (nSPS) is 10.9. The molecule has 0 saturated carbocycles. The van der Waals surface area contributed by atoms with Crippen LogP contribution in [0.25, 0.3) is 15.9 Å². The average Bonchev–Trinajstić information content (AvgIpc) is 3.29. The number of amides is 1. The van der Waals surface area contributed by atoms with Crippen LogP contribution in [0.5, 0.6) is 5.75 Å². The van der Waals surface area contributed by atoms with Gasteiger partial charge in [0.25, 0.3) is 11.6 Å². The van der Waals surface area contributed by atoms with E-state index in [1.54, 1.807) is 22.9 Å². The number of carbonyl (C=O) groups excluding carboxylic acids is 1. The third-order valence-corrected chi connectivity index (χ3v) is 5.59. The number of aromatic nitrogens is 2. The van der Waals surface area contributed by atoms with Crippen LogP contribution >= 0.6 is 11.3 Å². The van der Waals surface area contributed by atoms with Crippen molar-refractivity contribution in [3.05, 3.63) is 75.0 Å². The first-order chi connectivity index (χ1) is 14.4. The van der Waals surface area contributed by atoms with Crippen molar-refractivity contribution in [1.29, 1.82) is 0 Å². The molecule has 2 heterocycles. The number of methoxy groups -OCH3 is 1. The number of nitrogens with one attached hydrogen (secondary N) is 1. The molecule has 8 nitrogen and oxygen atoms in total.